The van der Waals surface area contributed by atoms with E-state index in [-0.39, 0.29) is 5.78 Å². The van der Waals surface area contributed by atoms with Gasteiger partial charge in [-0.05, 0) is 31.2 Å². The van der Waals surface area contributed by atoms with Crippen LogP contribution < -0.4 is 0 Å². The van der Waals surface area contributed by atoms with Crippen molar-refractivity contribution in [1.82, 2.24) is 14.8 Å². The van der Waals surface area contributed by atoms with E-state index in [0.29, 0.717) is 22.8 Å². The van der Waals surface area contributed by atoms with Crippen molar-refractivity contribution in [2.75, 3.05) is 0 Å². The van der Waals surface area contributed by atoms with E-state index in [2.05, 4.69) is 10.1 Å². The van der Waals surface area contributed by atoms with E-state index in [0.717, 1.165) is 10.9 Å². The zero-order chi connectivity index (χ0) is 14.1. The number of hydrogen-bond acceptors (Lipinski definition) is 3. The van der Waals surface area contributed by atoms with E-state index in [9.17, 15) is 4.79 Å². The molecule has 0 aliphatic rings. The first-order valence-corrected chi connectivity index (χ1v) is 6.69. The number of rotatable bonds is 3. The fourth-order valence-corrected chi connectivity index (χ4v) is 2.41. The van der Waals surface area contributed by atoms with Gasteiger partial charge in [-0.25, -0.2) is 0 Å². The number of carbonyl (C=O) groups excluding carboxylic acids is 1. The maximum Gasteiger partial charge on any atom is 0.212 e. The fourth-order valence-electron chi connectivity index (χ4n) is 2.18. The Morgan fingerprint density at radius 3 is 3.00 bits per heavy atom. The van der Waals surface area contributed by atoms with Crippen LogP contribution in [0.5, 0.6) is 0 Å². The van der Waals surface area contributed by atoms with Crippen LogP contribution in [0, 0.1) is 0 Å². The zero-order valence-corrected chi connectivity index (χ0v) is 11.6. The minimum Gasteiger partial charge on any atom is -0.287 e. The van der Waals surface area contributed by atoms with Crippen LogP contribution in [0.25, 0.3) is 10.9 Å². The first-order valence-electron chi connectivity index (χ1n) is 6.31. The summed E-state index contributed by atoms with van der Waals surface area (Å²) in [6.45, 7) is 2.52. The maximum atomic E-state index is 12.6. The summed E-state index contributed by atoms with van der Waals surface area (Å²) in [5, 5.41) is 5.40. The second-order valence-electron chi connectivity index (χ2n) is 4.40. The van der Waals surface area contributed by atoms with Gasteiger partial charge in [-0.1, -0.05) is 17.7 Å². The predicted octanol–water partition coefficient (Wildman–Crippen LogP) is 3.34. The summed E-state index contributed by atoms with van der Waals surface area (Å²) < 4.78 is 1.61. The van der Waals surface area contributed by atoms with Gasteiger partial charge in [0.1, 0.15) is 5.69 Å². The molecular formula is C15H12ClN3O. The predicted molar refractivity (Wildman–Crippen MR) is 78.1 cm³/mol. The monoisotopic (exact) mass is 285 g/mol. The van der Waals surface area contributed by atoms with Crippen molar-refractivity contribution in [2.24, 2.45) is 0 Å². The quantitative estimate of drug-likeness (QED) is 0.694. The zero-order valence-electron chi connectivity index (χ0n) is 10.9. The lowest BCUT2D eigenvalue weighted by Gasteiger charge is -2.06. The molecule has 2 heterocycles. The SMILES string of the molecule is CCn1ncc(Cl)c1C(=O)c1ccc2ncccc2c1. The van der Waals surface area contributed by atoms with Crippen molar-refractivity contribution < 1.29 is 4.79 Å². The van der Waals surface area contributed by atoms with E-state index in [4.69, 9.17) is 11.6 Å². The molecule has 2 aromatic heterocycles. The van der Waals surface area contributed by atoms with Gasteiger partial charge in [0, 0.05) is 23.7 Å². The molecule has 0 saturated heterocycles. The Morgan fingerprint density at radius 1 is 1.35 bits per heavy atom. The summed E-state index contributed by atoms with van der Waals surface area (Å²) in [6, 6.07) is 9.20. The van der Waals surface area contributed by atoms with Gasteiger partial charge in [-0.2, -0.15) is 5.10 Å². The molecule has 3 rings (SSSR count). The number of carbonyl (C=O) groups is 1. The number of benzene rings is 1. The second-order valence-corrected chi connectivity index (χ2v) is 4.80. The number of pyridine rings is 1. The summed E-state index contributed by atoms with van der Waals surface area (Å²) in [6.07, 6.45) is 3.23. The molecule has 0 radical (unpaired) electrons. The highest BCUT2D eigenvalue weighted by atomic mass is 35.5. The minimum atomic E-state index is -0.125. The van der Waals surface area contributed by atoms with E-state index in [1.165, 1.54) is 6.20 Å². The summed E-state index contributed by atoms with van der Waals surface area (Å²) >= 11 is 6.07. The van der Waals surface area contributed by atoms with E-state index in [1.54, 1.807) is 16.9 Å². The summed E-state index contributed by atoms with van der Waals surface area (Å²) in [7, 11) is 0. The van der Waals surface area contributed by atoms with Gasteiger partial charge in [0.25, 0.3) is 0 Å². The van der Waals surface area contributed by atoms with Crippen molar-refractivity contribution >= 4 is 28.3 Å². The fraction of sp³-hybridized carbons (Fsp3) is 0.133. The Morgan fingerprint density at radius 2 is 2.20 bits per heavy atom. The van der Waals surface area contributed by atoms with Crippen molar-refractivity contribution in [2.45, 2.75) is 13.5 Å². The topological polar surface area (TPSA) is 47.8 Å². The highest BCUT2D eigenvalue weighted by molar-refractivity contribution is 6.34. The first kappa shape index (κ1) is 12.8. The molecule has 5 heteroatoms. The Labute approximate surface area is 121 Å². The molecule has 0 aliphatic heterocycles. The van der Waals surface area contributed by atoms with Gasteiger partial charge in [0.2, 0.25) is 5.78 Å². The Hall–Kier alpha value is -2.20. The lowest BCUT2D eigenvalue weighted by Crippen LogP contribution is -2.11. The summed E-state index contributed by atoms with van der Waals surface area (Å²) in [4.78, 5) is 16.8. The molecule has 0 amide bonds. The third-order valence-corrected chi connectivity index (χ3v) is 3.45. The molecule has 4 nitrogen and oxygen atoms in total. The second kappa shape index (κ2) is 5.06. The van der Waals surface area contributed by atoms with Gasteiger partial charge >= 0.3 is 0 Å². The van der Waals surface area contributed by atoms with Crippen LogP contribution >= 0.6 is 11.6 Å². The average molecular weight is 286 g/mol. The molecule has 1 aromatic carbocycles. The van der Waals surface area contributed by atoms with Gasteiger partial charge in [0.05, 0.1) is 16.7 Å². The molecule has 0 saturated carbocycles. The van der Waals surface area contributed by atoms with Crippen LogP contribution in [0.2, 0.25) is 5.02 Å². The number of nitrogens with zero attached hydrogens (tertiary/aromatic N) is 3. The highest BCUT2D eigenvalue weighted by Gasteiger charge is 2.18. The standard InChI is InChI=1S/C15H12ClN3O/c1-2-19-14(12(16)9-18-19)15(20)11-5-6-13-10(8-11)4-3-7-17-13/h3-9H,2H2,1H3. The third-order valence-electron chi connectivity index (χ3n) is 3.17. The van der Waals surface area contributed by atoms with Crippen LogP contribution in [-0.2, 0) is 6.54 Å². The molecule has 100 valence electrons. The number of aromatic nitrogens is 3. The normalized spacial score (nSPS) is 10.9. The van der Waals surface area contributed by atoms with Crippen LogP contribution in [-0.4, -0.2) is 20.5 Å². The summed E-state index contributed by atoms with van der Waals surface area (Å²) in [5.74, 6) is -0.125. The molecule has 0 N–H and O–H groups in total. The Bertz CT molecular complexity index is 795. The first-order chi connectivity index (χ1) is 9.70. The Kier molecular flexibility index (Phi) is 3.24. The Balaban J connectivity index is 2.10. The number of halogens is 1. The molecule has 0 spiro atoms. The van der Waals surface area contributed by atoms with Gasteiger partial charge in [0.15, 0.2) is 0 Å². The lowest BCUT2D eigenvalue weighted by molar-refractivity contribution is 0.102. The van der Waals surface area contributed by atoms with Crippen LogP contribution in [0.15, 0.2) is 42.7 Å². The van der Waals surface area contributed by atoms with Gasteiger partial charge < -0.3 is 0 Å². The third kappa shape index (κ3) is 2.08. The van der Waals surface area contributed by atoms with E-state index >= 15 is 0 Å². The van der Waals surface area contributed by atoms with Gasteiger partial charge in [-0.15, -0.1) is 0 Å². The lowest BCUT2D eigenvalue weighted by atomic mass is 10.1. The maximum absolute atomic E-state index is 12.6. The molecule has 0 unspecified atom stereocenters. The molecule has 0 aliphatic carbocycles. The minimum absolute atomic E-state index is 0.125. The summed E-state index contributed by atoms with van der Waals surface area (Å²) in [5.41, 5.74) is 1.87. The van der Waals surface area contributed by atoms with Crippen molar-refractivity contribution in [1.29, 1.82) is 0 Å². The van der Waals surface area contributed by atoms with E-state index in [1.807, 2.05) is 31.2 Å². The molecule has 20 heavy (non-hydrogen) atoms. The molecular weight excluding hydrogens is 274 g/mol. The van der Waals surface area contributed by atoms with Crippen molar-refractivity contribution in [3.05, 3.63) is 59.0 Å². The van der Waals surface area contributed by atoms with Crippen molar-refractivity contribution in [3.63, 3.8) is 0 Å². The van der Waals surface area contributed by atoms with Gasteiger partial charge in [-0.3, -0.25) is 14.5 Å². The smallest absolute Gasteiger partial charge is 0.212 e. The number of hydrogen-bond donors (Lipinski definition) is 0. The number of aryl methyl sites for hydroxylation is 1. The molecule has 0 fully saturated rings. The largest absolute Gasteiger partial charge is 0.287 e. The average Bonchev–Trinajstić information content (AvgIpc) is 2.87. The van der Waals surface area contributed by atoms with E-state index < -0.39 is 0 Å². The van der Waals surface area contributed by atoms with Crippen LogP contribution in [0.3, 0.4) is 0 Å². The number of fused-ring (bicyclic) bond motifs is 1. The van der Waals surface area contributed by atoms with Crippen LogP contribution in [0.4, 0.5) is 0 Å². The number of ketones is 1. The molecule has 3 aromatic rings. The van der Waals surface area contributed by atoms with Crippen molar-refractivity contribution in [3.8, 4) is 0 Å². The molecule has 0 bridgehead atoms. The molecule has 0 atom stereocenters. The van der Waals surface area contributed by atoms with Crippen LogP contribution in [0.1, 0.15) is 23.0 Å². The highest BCUT2D eigenvalue weighted by Crippen LogP contribution is 2.21.